The smallest absolute Gasteiger partial charge is 0.311 e. The summed E-state index contributed by atoms with van der Waals surface area (Å²) < 4.78 is 4.66. The van der Waals surface area contributed by atoms with Crippen molar-refractivity contribution in [1.29, 1.82) is 0 Å². The number of carbonyl (C=O) groups excluding carboxylic acids is 1. The molecule has 50 valence electrons. The van der Waals surface area contributed by atoms with Gasteiger partial charge in [-0.15, -0.1) is 0 Å². The third-order valence-electron chi connectivity index (χ3n) is 2.66. The average molecular weight is 126 g/mol. The molecule has 9 heavy (non-hydrogen) atoms. The summed E-state index contributed by atoms with van der Waals surface area (Å²) in [5.74, 6) is 0.883. The molecule has 3 aliphatic carbocycles. The average Bonchev–Trinajstić information content (AvgIpc) is 1.57. The van der Waals surface area contributed by atoms with Crippen LogP contribution in [0.2, 0.25) is 0 Å². The van der Waals surface area contributed by atoms with Gasteiger partial charge in [-0.2, -0.15) is 0 Å². The number of methoxy groups -OCH3 is 1. The third-order valence-corrected chi connectivity index (χ3v) is 2.66. The minimum absolute atomic E-state index is 0.0133. The van der Waals surface area contributed by atoms with Crippen molar-refractivity contribution < 1.29 is 9.53 Å². The zero-order valence-electron chi connectivity index (χ0n) is 5.52. The molecule has 3 aliphatic rings. The second kappa shape index (κ2) is 1.31. The van der Waals surface area contributed by atoms with Gasteiger partial charge >= 0.3 is 5.97 Å². The first-order chi connectivity index (χ1) is 4.27. The molecule has 0 radical (unpaired) electrons. The first-order valence-electron chi connectivity index (χ1n) is 3.35. The van der Waals surface area contributed by atoms with Crippen molar-refractivity contribution in [3.63, 3.8) is 0 Å². The molecule has 2 heteroatoms. The lowest BCUT2D eigenvalue weighted by molar-refractivity contribution is -0.188. The Hall–Kier alpha value is -0.530. The zero-order valence-corrected chi connectivity index (χ0v) is 5.52. The van der Waals surface area contributed by atoms with Crippen molar-refractivity contribution in [3.8, 4) is 0 Å². The van der Waals surface area contributed by atoms with Crippen molar-refractivity contribution in [2.45, 2.75) is 19.3 Å². The Morgan fingerprint density at radius 1 is 1.56 bits per heavy atom. The van der Waals surface area contributed by atoms with Crippen molar-refractivity contribution >= 4 is 5.97 Å². The highest BCUT2D eigenvalue weighted by Gasteiger charge is 2.62. The molecular weight excluding hydrogens is 116 g/mol. The van der Waals surface area contributed by atoms with Gasteiger partial charge in [-0.3, -0.25) is 4.79 Å². The molecule has 2 bridgehead atoms. The molecule has 2 nitrogen and oxygen atoms in total. The predicted octanol–water partition coefficient (Wildman–Crippen LogP) is 0.959. The summed E-state index contributed by atoms with van der Waals surface area (Å²) in [5.41, 5.74) is 0.0133. The topological polar surface area (TPSA) is 26.3 Å². The van der Waals surface area contributed by atoms with E-state index in [1.54, 1.807) is 0 Å². The summed E-state index contributed by atoms with van der Waals surface area (Å²) in [6.07, 6.45) is 3.29. The molecular formula is C7H10O2. The molecule has 3 saturated carbocycles. The molecule has 0 atom stereocenters. The van der Waals surface area contributed by atoms with Crippen molar-refractivity contribution in [3.05, 3.63) is 0 Å². The molecule has 3 rings (SSSR count). The van der Waals surface area contributed by atoms with E-state index >= 15 is 0 Å². The maximum atomic E-state index is 10.9. The summed E-state index contributed by atoms with van der Waals surface area (Å²) in [5, 5.41) is 0. The minimum Gasteiger partial charge on any atom is -0.469 e. The van der Waals surface area contributed by atoms with Gasteiger partial charge in [-0.25, -0.2) is 0 Å². The lowest BCUT2D eigenvalue weighted by Gasteiger charge is -2.58. The molecule has 0 saturated heterocycles. The van der Waals surface area contributed by atoms with Gasteiger partial charge in [0.25, 0.3) is 0 Å². The summed E-state index contributed by atoms with van der Waals surface area (Å²) in [4.78, 5) is 10.9. The van der Waals surface area contributed by atoms with Crippen LogP contribution in [0.3, 0.4) is 0 Å². The van der Waals surface area contributed by atoms with Crippen molar-refractivity contribution in [2.75, 3.05) is 7.11 Å². The van der Waals surface area contributed by atoms with Gasteiger partial charge in [0.05, 0.1) is 12.5 Å². The van der Waals surface area contributed by atoms with Crippen LogP contribution in [0.25, 0.3) is 0 Å². The highest BCUT2D eigenvalue weighted by Crippen LogP contribution is 2.64. The molecule has 0 aromatic heterocycles. The largest absolute Gasteiger partial charge is 0.469 e. The molecule has 0 aliphatic heterocycles. The van der Waals surface area contributed by atoms with Crippen LogP contribution >= 0.6 is 0 Å². The highest BCUT2D eigenvalue weighted by atomic mass is 16.5. The lowest BCUT2D eigenvalue weighted by Crippen LogP contribution is -2.57. The Kier molecular flexibility index (Phi) is 0.765. The Morgan fingerprint density at radius 3 is 2.22 bits per heavy atom. The number of hydrogen-bond acceptors (Lipinski definition) is 2. The van der Waals surface area contributed by atoms with Gasteiger partial charge in [0, 0.05) is 0 Å². The van der Waals surface area contributed by atoms with E-state index in [2.05, 4.69) is 4.74 Å². The molecule has 0 amide bonds. The van der Waals surface area contributed by atoms with E-state index in [0.29, 0.717) is 0 Å². The van der Waals surface area contributed by atoms with E-state index in [0.717, 1.165) is 25.2 Å². The van der Waals surface area contributed by atoms with E-state index in [9.17, 15) is 4.79 Å². The Balaban J connectivity index is 2.05. The van der Waals surface area contributed by atoms with E-state index in [-0.39, 0.29) is 11.4 Å². The van der Waals surface area contributed by atoms with Gasteiger partial charge in [0.15, 0.2) is 0 Å². The van der Waals surface area contributed by atoms with Gasteiger partial charge in [-0.1, -0.05) is 0 Å². The van der Waals surface area contributed by atoms with Crippen LogP contribution in [0.5, 0.6) is 0 Å². The van der Waals surface area contributed by atoms with Gasteiger partial charge in [-0.05, 0) is 25.2 Å². The van der Waals surface area contributed by atoms with Gasteiger partial charge in [0.1, 0.15) is 0 Å². The van der Waals surface area contributed by atoms with E-state index in [1.165, 1.54) is 7.11 Å². The lowest BCUT2D eigenvalue weighted by atomic mass is 9.44. The maximum Gasteiger partial charge on any atom is 0.311 e. The van der Waals surface area contributed by atoms with E-state index in [1.807, 2.05) is 0 Å². The predicted molar refractivity (Wildman–Crippen MR) is 31.8 cm³/mol. The number of carbonyl (C=O) groups is 1. The number of ether oxygens (including phenoxy) is 1. The van der Waals surface area contributed by atoms with E-state index < -0.39 is 0 Å². The summed E-state index contributed by atoms with van der Waals surface area (Å²) >= 11 is 0. The maximum absolute atomic E-state index is 10.9. The summed E-state index contributed by atoms with van der Waals surface area (Å²) in [6.45, 7) is 0. The summed E-state index contributed by atoms with van der Waals surface area (Å²) in [7, 11) is 1.47. The van der Waals surface area contributed by atoms with Gasteiger partial charge in [0.2, 0.25) is 0 Å². The second-order valence-corrected chi connectivity index (χ2v) is 3.25. The van der Waals surface area contributed by atoms with Crippen LogP contribution in [0.4, 0.5) is 0 Å². The van der Waals surface area contributed by atoms with Crippen molar-refractivity contribution in [1.82, 2.24) is 0 Å². The Bertz CT molecular complexity index is 145. The molecule has 0 N–H and O–H groups in total. The van der Waals surface area contributed by atoms with Crippen LogP contribution in [-0.4, -0.2) is 13.1 Å². The fraction of sp³-hybridized carbons (Fsp3) is 0.857. The number of rotatable bonds is 1. The number of hydrogen-bond donors (Lipinski definition) is 0. The third kappa shape index (κ3) is 0.443. The van der Waals surface area contributed by atoms with Crippen LogP contribution in [0, 0.1) is 11.3 Å². The van der Waals surface area contributed by atoms with Crippen molar-refractivity contribution in [2.24, 2.45) is 11.3 Å². The van der Waals surface area contributed by atoms with Gasteiger partial charge < -0.3 is 4.74 Å². The first kappa shape index (κ1) is 5.27. The standard InChI is InChI=1S/C7H10O2/c1-9-6(8)7-2-5(3-7)4-7/h5H,2-4H2,1H3. The Morgan fingerprint density at radius 2 is 2.11 bits per heavy atom. The minimum atomic E-state index is 0.0133. The SMILES string of the molecule is COC(=O)C12CC(C1)C2. The van der Waals surface area contributed by atoms with Crippen LogP contribution in [-0.2, 0) is 9.53 Å². The molecule has 0 heterocycles. The molecule has 0 aromatic carbocycles. The van der Waals surface area contributed by atoms with Crippen LogP contribution < -0.4 is 0 Å². The monoisotopic (exact) mass is 126 g/mol. The molecule has 0 unspecified atom stereocenters. The second-order valence-electron chi connectivity index (χ2n) is 3.25. The number of esters is 1. The quantitative estimate of drug-likeness (QED) is 0.489. The van der Waals surface area contributed by atoms with Crippen LogP contribution in [0.15, 0.2) is 0 Å². The van der Waals surface area contributed by atoms with E-state index in [4.69, 9.17) is 0 Å². The molecule has 0 spiro atoms. The highest BCUT2D eigenvalue weighted by molar-refractivity contribution is 5.80. The van der Waals surface area contributed by atoms with Crippen LogP contribution in [0.1, 0.15) is 19.3 Å². The molecule has 3 fully saturated rings. The normalized spacial score (nSPS) is 44.8. The molecule has 0 aromatic rings. The summed E-state index contributed by atoms with van der Waals surface area (Å²) in [6, 6.07) is 0. The fourth-order valence-corrected chi connectivity index (χ4v) is 1.94. The first-order valence-corrected chi connectivity index (χ1v) is 3.35. The zero-order chi connectivity index (χ0) is 6.48. The fourth-order valence-electron chi connectivity index (χ4n) is 1.94. The Labute approximate surface area is 54.2 Å².